The third-order valence-electron chi connectivity index (χ3n) is 1.86. The summed E-state index contributed by atoms with van der Waals surface area (Å²) in [4.78, 5) is 11.6. The fourth-order valence-corrected chi connectivity index (χ4v) is 1.22. The molecule has 2 amide bonds. The summed E-state index contributed by atoms with van der Waals surface area (Å²) in [5.74, 6) is 0. The molecule has 0 aliphatic carbocycles. The molecule has 1 rings (SSSR count). The molecule has 0 saturated carbocycles. The Kier molecular flexibility index (Phi) is 3.02. The van der Waals surface area contributed by atoms with Crippen LogP contribution in [0.15, 0.2) is 0 Å². The molecule has 15 heavy (non-hydrogen) atoms. The molecule has 1 aromatic rings. The summed E-state index contributed by atoms with van der Waals surface area (Å²) in [6, 6.07) is -0.213. The van der Waals surface area contributed by atoms with Gasteiger partial charge in [0, 0.05) is 5.54 Å². The molecule has 0 spiro atoms. The van der Waals surface area contributed by atoms with Gasteiger partial charge in [-0.05, 0) is 34.6 Å². The van der Waals surface area contributed by atoms with Crippen molar-refractivity contribution in [1.82, 2.24) is 15.5 Å². The number of rotatable bonds is 1. The predicted octanol–water partition coefficient (Wildman–Crippen LogP) is 1.95. The van der Waals surface area contributed by atoms with E-state index in [9.17, 15) is 4.79 Å². The van der Waals surface area contributed by atoms with Crippen LogP contribution in [0, 0.1) is 13.8 Å². The maximum Gasteiger partial charge on any atom is 0.319 e. The topological polar surface area (TPSA) is 69.8 Å². The Balaban J connectivity index is 2.67. The van der Waals surface area contributed by atoms with Crippen LogP contribution in [0.3, 0.4) is 0 Å². The Morgan fingerprint density at radius 1 is 1.33 bits per heavy atom. The number of amides is 2. The number of nitrogens with zero attached hydrogens (tertiary/aromatic N) is 1. The highest BCUT2D eigenvalue weighted by Gasteiger charge is 2.15. The Hall–Kier alpha value is -1.52. The zero-order chi connectivity index (χ0) is 11.6. The van der Waals surface area contributed by atoms with Crippen molar-refractivity contribution in [2.75, 3.05) is 5.32 Å². The van der Waals surface area contributed by atoms with Gasteiger partial charge in [-0.1, -0.05) is 0 Å². The van der Waals surface area contributed by atoms with Crippen LogP contribution < -0.4 is 10.6 Å². The third-order valence-corrected chi connectivity index (χ3v) is 1.86. The van der Waals surface area contributed by atoms with Crippen molar-refractivity contribution in [3.63, 3.8) is 0 Å². The Bertz CT molecular complexity index is 342. The molecule has 0 atom stereocenters. The van der Waals surface area contributed by atoms with Crippen molar-refractivity contribution in [3.05, 3.63) is 11.4 Å². The van der Waals surface area contributed by atoms with Gasteiger partial charge in [0.2, 0.25) is 0 Å². The molecule has 5 nitrogen and oxygen atoms in total. The van der Waals surface area contributed by atoms with E-state index in [1.165, 1.54) is 0 Å². The number of hydrogen-bond acceptors (Lipinski definition) is 2. The molecule has 3 N–H and O–H groups in total. The average molecular weight is 210 g/mol. The third kappa shape index (κ3) is 3.27. The Labute approximate surface area is 89.6 Å². The van der Waals surface area contributed by atoms with Gasteiger partial charge in [-0.15, -0.1) is 0 Å². The number of urea groups is 1. The first-order valence-electron chi connectivity index (χ1n) is 4.90. The van der Waals surface area contributed by atoms with E-state index in [4.69, 9.17) is 0 Å². The zero-order valence-electron chi connectivity index (χ0n) is 9.86. The highest BCUT2D eigenvalue weighted by molar-refractivity contribution is 5.90. The van der Waals surface area contributed by atoms with Crippen molar-refractivity contribution in [2.45, 2.75) is 40.2 Å². The highest BCUT2D eigenvalue weighted by Crippen LogP contribution is 2.15. The number of anilines is 1. The summed E-state index contributed by atoms with van der Waals surface area (Å²) in [6.45, 7) is 9.51. The molecule has 0 aromatic carbocycles. The molecule has 1 aromatic heterocycles. The van der Waals surface area contributed by atoms with E-state index in [1.54, 1.807) is 0 Å². The van der Waals surface area contributed by atoms with Gasteiger partial charge in [-0.2, -0.15) is 5.10 Å². The lowest BCUT2D eigenvalue weighted by Crippen LogP contribution is -2.43. The minimum absolute atomic E-state index is 0.213. The molecule has 0 bridgehead atoms. The highest BCUT2D eigenvalue weighted by atomic mass is 16.2. The monoisotopic (exact) mass is 210 g/mol. The van der Waals surface area contributed by atoms with Gasteiger partial charge < -0.3 is 10.6 Å². The number of hydrogen-bond donors (Lipinski definition) is 3. The molecule has 0 fully saturated rings. The summed E-state index contributed by atoms with van der Waals surface area (Å²) >= 11 is 0. The number of aromatic amines is 1. The number of carbonyl (C=O) groups excluding carboxylic acids is 1. The SMILES string of the molecule is Cc1n[nH]c(C)c1NC(=O)NC(C)(C)C. The summed E-state index contributed by atoms with van der Waals surface area (Å²) < 4.78 is 0. The number of aromatic nitrogens is 2. The number of carbonyl (C=O) groups is 1. The maximum atomic E-state index is 11.6. The molecule has 0 saturated heterocycles. The van der Waals surface area contributed by atoms with Crippen LogP contribution in [0.2, 0.25) is 0 Å². The second kappa shape index (κ2) is 3.92. The molecule has 84 valence electrons. The van der Waals surface area contributed by atoms with E-state index in [0.29, 0.717) is 0 Å². The number of aryl methyl sites for hydroxylation is 2. The van der Waals surface area contributed by atoms with Crippen molar-refractivity contribution < 1.29 is 4.79 Å². The second-order valence-electron chi connectivity index (χ2n) is 4.64. The van der Waals surface area contributed by atoms with Gasteiger partial charge in [0.1, 0.15) is 0 Å². The lowest BCUT2D eigenvalue weighted by Gasteiger charge is -2.20. The van der Waals surface area contributed by atoms with E-state index in [-0.39, 0.29) is 11.6 Å². The van der Waals surface area contributed by atoms with Gasteiger partial charge in [-0.3, -0.25) is 5.10 Å². The fourth-order valence-electron chi connectivity index (χ4n) is 1.22. The summed E-state index contributed by atoms with van der Waals surface area (Å²) in [6.07, 6.45) is 0. The number of H-pyrrole nitrogens is 1. The predicted molar refractivity (Wildman–Crippen MR) is 60.0 cm³/mol. The normalized spacial score (nSPS) is 11.3. The van der Waals surface area contributed by atoms with Gasteiger partial charge in [-0.25, -0.2) is 4.79 Å². The molecule has 1 heterocycles. The Morgan fingerprint density at radius 2 is 1.93 bits per heavy atom. The van der Waals surface area contributed by atoms with Crippen molar-refractivity contribution in [3.8, 4) is 0 Å². The summed E-state index contributed by atoms with van der Waals surface area (Å²) in [7, 11) is 0. The van der Waals surface area contributed by atoms with E-state index in [2.05, 4.69) is 20.8 Å². The van der Waals surface area contributed by atoms with E-state index >= 15 is 0 Å². The molecule has 0 aliphatic heterocycles. The van der Waals surface area contributed by atoms with E-state index in [0.717, 1.165) is 17.1 Å². The van der Waals surface area contributed by atoms with Crippen LogP contribution >= 0.6 is 0 Å². The van der Waals surface area contributed by atoms with Crippen molar-refractivity contribution in [2.24, 2.45) is 0 Å². The van der Waals surface area contributed by atoms with Crippen LogP contribution in [-0.4, -0.2) is 21.8 Å². The maximum absolute atomic E-state index is 11.6. The van der Waals surface area contributed by atoms with Crippen molar-refractivity contribution in [1.29, 1.82) is 0 Å². The van der Waals surface area contributed by atoms with Crippen molar-refractivity contribution >= 4 is 11.7 Å². The molecule has 0 radical (unpaired) electrons. The molecule has 0 unspecified atom stereocenters. The Morgan fingerprint density at radius 3 is 2.33 bits per heavy atom. The largest absolute Gasteiger partial charge is 0.333 e. The van der Waals surface area contributed by atoms with Gasteiger partial charge in [0.15, 0.2) is 0 Å². The lowest BCUT2D eigenvalue weighted by molar-refractivity contribution is 0.244. The first-order valence-corrected chi connectivity index (χ1v) is 4.90. The first kappa shape index (κ1) is 11.6. The zero-order valence-corrected chi connectivity index (χ0v) is 9.86. The molecular formula is C10H18N4O. The second-order valence-corrected chi connectivity index (χ2v) is 4.64. The molecule has 0 aliphatic rings. The minimum atomic E-state index is -0.240. The van der Waals surface area contributed by atoms with E-state index in [1.807, 2.05) is 34.6 Å². The van der Waals surface area contributed by atoms with Crippen LogP contribution in [0.1, 0.15) is 32.2 Å². The fraction of sp³-hybridized carbons (Fsp3) is 0.600. The van der Waals surface area contributed by atoms with Gasteiger partial charge in [0.25, 0.3) is 0 Å². The first-order chi connectivity index (χ1) is 6.79. The molecular weight excluding hydrogens is 192 g/mol. The number of nitrogens with one attached hydrogen (secondary N) is 3. The van der Waals surface area contributed by atoms with Gasteiger partial charge in [0.05, 0.1) is 17.1 Å². The quantitative estimate of drug-likeness (QED) is 0.663. The van der Waals surface area contributed by atoms with Crippen LogP contribution in [0.4, 0.5) is 10.5 Å². The van der Waals surface area contributed by atoms with Crippen LogP contribution in [0.25, 0.3) is 0 Å². The summed E-state index contributed by atoms with van der Waals surface area (Å²) in [5, 5.41) is 12.4. The molecule has 5 heteroatoms. The minimum Gasteiger partial charge on any atom is -0.333 e. The van der Waals surface area contributed by atoms with Gasteiger partial charge >= 0.3 is 6.03 Å². The standard InChI is InChI=1S/C10H18N4O/c1-6-8(7(2)14-13-6)11-9(15)12-10(3,4)5/h1-5H3,(H,13,14)(H2,11,12,15). The van der Waals surface area contributed by atoms with Crippen LogP contribution in [0.5, 0.6) is 0 Å². The lowest BCUT2D eigenvalue weighted by atomic mass is 10.1. The smallest absolute Gasteiger partial charge is 0.319 e. The van der Waals surface area contributed by atoms with E-state index < -0.39 is 0 Å². The average Bonchev–Trinajstić information content (AvgIpc) is 2.32. The van der Waals surface area contributed by atoms with Crippen LogP contribution in [-0.2, 0) is 0 Å². The summed E-state index contributed by atoms with van der Waals surface area (Å²) in [5.41, 5.74) is 2.15.